The minimum absolute atomic E-state index is 0.241. The number of benzene rings is 1. The Bertz CT molecular complexity index is 402. The van der Waals surface area contributed by atoms with E-state index in [1.807, 2.05) is 0 Å². The van der Waals surface area contributed by atoms with Crippen molar-refractivity contribution in [3.05, 3.63) is 23.3 Å². The van der Waals surface area contributed by atoms with Crippen LogP contribution < -0.4 is 9.47 Å². The molecule has 0 amide bonds. The molecule has 2 aliphatic rings. The Kier molecular flexibility index (Phi) is 1.87. The smallest absolute Gasteiger partial charge is 0.231 e. The van der Waals surface area contributed by atoms with Gasteiger partial charge in [0, 0.05) is 5.56 Å². The van der Waals surface area contributed by atoms with E-state index < -0.39 is 12.2 Å². The van der Waals surface area contributed by atoms with Crippen LogP contribution in [0.25, 0.3) is 0 Å². The zero-order valence-corrected chi connectivity index (χ0v) is 8.14. The maximum absolute atomic E-state index is 9.81. The van der Waals surface area contributed by atoms with Crippen LogP contribution in [0.15, 0.2) is 12.1 Å². The summed E-state index contributed by atoms with van der Waals surface area (Å²) in [5.41, 5.74) is 1.74. The Morgan fingerprint density at radius 1 is 1.20 bits per heavy atom. The Morgan fingerprint density at radius 3 is 2.93 bits per heavy atom. The maximum atomic E-state index is 9.81. The molecule has 0 saturated carbocycles. The van der Waals surface area contributed by atoms with Gasteiger partial charge in [-0.15, -0.1) is 0 Å². The highest BCUT2D eigenvalue weighted by molar-refractivity contribution is 5.53. The minimum atomic E-state index is -0.803. The monoisotopic (exact) mass is 208 g/mol. The van der Waals surface area contributed by atoms with E-state index in [2.05, 4.69) is 0 Å². The summed E-state index contributed by atoms with van der Waals surface area (Å²) >= 11 is 0. The number of aliphatic hydroxyl groups excluding tert-OH is 2. The number of aliphatic hydroxyl groups is 2. The van der Waals surface area contributed by atoms with Crippen molar-refractivity contribution in [2.75, 3.05) is 6.79 Å². The van der Waals surface area contributed by atoms with Gasteiger partial charge in [-0.2, -0.15) is 0 Å². The molecule has 2 atom stereocenters. The molecule has 15 heavy (non-hydrogen) atoms. The third-order valence-electron chi connectivity index (χ3n) is 3.05. The molecule has 2 N–H and O–H groups in total. The van der Waals surface area contributed by atoms with Crippen molar-refractivity contribution in [1.29, 1.82) is 0 Å². The molecule has 1 aromatic carbocycles. The normalized spacial score (nSPS) is 27.6. The lowest BCUT2D eigenvalue weighted by atomic mass is 9.86. The van der Waals surface area contributed by atoms with E-state index in [1.54, 1.807) is 12.1 Å². The first-order valence-corrected chi connectivity index (χ1v) is 5.05. The highest BCUT2D eigenvalue weighted by Gasteiger charge is 2.31. The van der Waals surface area contributed by atoms with Crippen LogP contribution in [0.1, 0.15) is 23.7 Å². The average Bonchev–Trinajstić information content (AvgIpc) is 2.71. The molecule has 0 spiro atoms. The number of ether oxygens (including phenoxy) is 2. The van der Waals surface area contributed by atoms with Gasteiger partial charge in [0.1, 0.15) is 6.10 Å². The first-order chi connectivity index (χ1) is 7.27. The van der Waals surface area contributed by atoms with Crippen molar-refractivity contribution >= 4 is 0 Å². The molecule has 80 valence electrons. The van der Waals surface area contributed by atoms with E-state index in [0.717, 1.165) is 29.0 Å². The molecular weight excluding hydrogens is 196 g/mol. The topological polar surface area (TPSA) is 58.9 Å². The van der Waals surface area contributed by atoms with Gasteiger partial charge in [-0.3, -0.25) is 0 Å². The summed E-state index contributed by atoms with van der Waals surface area (Å²) in [6, 6.07) is 3.58. The van der Waals surface area contributed by atoms with Crippen LogP contribution >= 0.6 is 0 Å². The summed E-state index contributed by atoms with van der Waals surface area (Å²) in [5.74, 6) is 1.47. The van der Waals surface area contributed by atoms with Crippen LogP contribution in [0, 0.1) is 0 Å². The van der Waals surface area contributed by atoms with Crippen molar-refractivity contribution < 1.29 is 19.7 Å². The molecule has 0 bridgehead atoms. The highest BCUT2D eigenvalue weighted by atomic mass is 16.7. The fourth-order valence-electron chi connectivity index (χ4n) is 2.24. The van der Waals surface area contributed by atoms with Crippen molar-refractivity contribution in [2.45, 2.75) is 25.0 Å². The van der Waals surface area contributed by atoms with Crippen molar-refractivity contribution in [3.8, 4) is 11.5 Å². The van der Waals surface area contributed by atoms with Gasteiger partial charge in [0.05, 0.1) is 6.10 Å². The van der Waals surface area contributed by atoms with Crippen LogP contribution in [-0.4, -0.2) is 23.1 Å². The molecule has 0 saturated heterocycles. The molecule has 1 heterocycles. The first-order valence-electron chi connectivity index (χ1n) is 5.05. The maximum Gasteiger partial charge on any atom is 0.231 e. The standard InChI is InChI=1S/C11H12O4/c12-8-3-1-7-6(10(8)13)2-4-9-11(7)15-5-14-9/h2,4,8,10,12-13H,1,3,5H2. The highest BCUT2D eigenvalue weighted by Crippen LogP contribution is 2.43. The van der Waals surface area contributed by atoms with E-state index in [1.165, 1.54) is 0 Å². The van der Waals surface area contributed by atoms with Gasteiger partial charge in [-0.05, 0) is 24.5 Å². The molecule has 0 radical (unpaired) electrons. The van der Waals surface area contributed by atoms with E-state index in [0.29, 0.717) is 6.42 Å². The van der Waals surface area contributed by atoms with Crippen LogP contribution in [0.2, 0.25) is 0 Å². The molecule has 4 heteroatoms. The third-order valence-corrected chi connectivity index (χ3v) is 3.05. The van der Waals surface area contributed by atoms with Crippen LogP contribution in [0.4, 0.5) is 0 Å². The fourth-order valence-corrected chi connectivity index (χ4v) is 2.24. The molecule has 0 aromatic heterocycles. The molecule has 3 rings (SSSR count). The van der Waals surface area contributed by atoms with Crippen molar-refractivity contribution in [3.63, 3.8) is 0 Å². The zero-order valence-electron chi connectivity index (χ0n) is 8.14. The van der Waals surface area contributed by atoms with Crippen LogP contribution in [0.5, 0.6) is 11.5 Å². The SMILES string of the molecule is OC1CCc2c(ccc3c2OCO3)C1O. The minimum Gasteiger partial charge on any atom is -0.454 e. The Morgan fingerprint density at radius 2 is 2.07 bits per heavy atom. The second-order valence-corrected chi connectivity index (χ2v) is 3.92. The quantitative estimate of drug-likeness (QED) is 0.660. The average molecular weight is 208 g/mol. The summed E-state index contributed by atoms with van der Waals surface area (Å²) < 4.78 is 10.6. The summed E-state index contributed by atoms with van der Waals surface area (Å²) in [4.78, 5) is 0. The first kappa shape index (κ1) is 9.00. The largest absolute Gasteiger partial charge is 0.454 e. The lowest BCUT2D eigenvalue weighted by Gasteiger charge is -2.26. The molecule has 1 aromatic rings. The second-order valence-electron chi connectivity index (χ2n) is 3.92. The molecule has 1 aliphatic carbocycles. The van der Waals surface area contributed by atoms with E-state index in [-0.39, 0.29) is 6.79 Å². The van der Waals surface area contributed by atoms with Crippen LogP contribution in [-0.2, 0) is 6.42 Å². The Balaban J connectivity index is 2.13. The Hall–Kier alpha value is -1.26. The number of hydrogen-bond acceptors (Lipinski definition) is 4. The van der Waals surface area contributed by atoms with Crippen molar-refractivity contribution in [2.24, 2.45) is 0 Å². The summed E-state index contributed by atoms with van der Waals surface area (Å²) in [5, 5.41) is 19.4. The number of fused-ring (bicyclic) bond motifs is 3. The predicted octanol–water partition coefficient (Wildman–Crippen LogP) is 0.756. The van der Waals surface area contributed by atoms with Gasteiger partial charge in [0.2, 0.25) is 6.79 Å². The van der Waals surface area contributed by atoms with Crippen molar-refractivity contribution in [1.82, 2.24) is 0 Å². The van der Waals surface area contributed by atoms with Gasteiger partial charge >= 0.3 is 0 Å². The van der Waals surface area contributed by atoms with Gasteiger partial charge in [0.15, 0.2) is 11.5 Å². The summed E-state index contributed by atoms with van der Waals surface area (Å²) in [6.07, 6.45) is -0.185. The predicted molar refractivity (Wildman–Crippen MR) is 51.9 cm³/mol. The van der Waals surface area contributed by atoms with Gasteiger partial charge in [-0.1, -0.05) is 6.07 Å². The van der Waals surface area contributed by atoms with Crippen LogP contribution in [0.3, 0.4) is 0 Å². The molecule has 4 nitrogen and oxygen atoms in total. The molecule has 1 aliphatic heterocycles. The van der Waals surface area contributed by atoms with Gasteiger partial charge in [-0.25, -0.2) is 0 Å². The lowest BCUT2D eigenvalue weighted by Crippen LogP contribution is -2.25. The second kappa shape index (κ2) is 3.12. The lowest BCUT2D eigenvalue weighted by molar-refractivity contribution is 0.00613. The Labute approximate surface area is 87.1 Å². The number of rotatable bonds is 0. The van der Waals surface area contributed by atoms with Gasteiger partial charge in [0.25, 0.3) is 0 Å². The third kappa shape index (κ3) is 1.22. The summed E-state index contributed by atoms with van der Waals surface area (Å²) in [7, 11) is 0. The van der Waals surface area contributed by atoms with E-state index >= 15 is 0 Å². The fraction of sp³-hybridized carbons (Fsp3) is 0.455. The van der Waals surface area contributed by atoms with Gasteiger partial charge < -0.3 is 19.7 Å². The zero-order chi connectivity index (χ0) is 10.4. The summed E-state index contributed by atoms with van der Waals surface area (Å²) in [6.45, 7) is 0.241. The molecular formula is C11H12O4. The molecule has 2 unspecified atom stereocenters. The number of hydrogen-bond donors (Lipinski definition) is 2. The molecule has 0 fully saturated rings. The van der Waals surface area contributed by atoms with E-state index in [4.69, 9.17) is 9.47 Å². The van der Waals surface area contributed by atoms with E-state index in [9.17, 15) is 10.2 Å².